The van der Waals surface area contributed by atoms with Gasteiger partial charge >= 0.3 is 12.1 Å². The summed E-state index contributed by atoms with van der Waals surface area (Å²) in [5.74, 6) is 3.58. The van der Waals surface area contributed by atoms with Crippen molar-refractivity contribution in [3.63, 3.8) is 0 Å². The third kappa shape index (κ3) is 7.19. The largest absolute Gasteiger partial charge is 0.497 e. The van der Waals surface area contributed by atoms with E-state index < -0.39 is 17.7 Å². The van der Waals surface area contributed by atoms with Crippen molar-refractivity contribution < 1.29 is 32.2 Å². The minimum absolute atomic E-state index is 0.164. The van der Waals surface area contributed by atoms with Crippen LogP contribution in [-0.2, 0) is 34.2 Å². The number of carbonyl (C=O) groups excluding carboxylic acids is 1. The van der Waals surface area contributed by atoms with Crippen molar-refractivity contribution in [1.29, 1.82) is 0 Å². The highest BCUT2D eigenvalue weighted by Crippen LogP contribution is 2.62. The number of hydrogen-bond donors (Lipinski definition) is 0. The Morgan fingerprint density at radius 1 is 0.870 bits per heavy atom. The number of hydrogen-bond acceptors (Lipinski definition) is 4. The molecule has 4 saturated carbocycles. The molecule has 0 heterocycles. The number of halogens is 3. The van der Waals surface area contributed by atoms with E-state index in [-0.39, 0.29) is 5.41 Å². The van der Waals surface area contributed by atoms with Crippen LogP contribution in [0.5, 0.6) is 11.5 Å². The predicted octanol–water partition coefficient (Wildman–Crippen LogP) is 9.51. The highest BCUT2D eigenvalue weighted by Gasteiger charge is 2.52. The van der Waals surface area contributed by atoms with Gasteiger partial charge in [-0.3, -0.25) is 0 Å². The molecule has 0 saturated heterocycles. The average Bonchev–Trinajstić information content (AvgIpc) is 3.04. The van der Waals surface area contributed by atoms with Gasteiger partial charge in [0.25, 0.3) is 0 Å². The van der Waals surface area contributed by atoms with E-state index in [1.54, 1.807) is 13.2 Å². The minimum atomic E-state index is -4.46. The Hall–Kier alpha value is -4.00. The summed E-state index contributed by atoms with van der Waals surface area (Å²) in [6.07, 6.45) is 9.16. The summed E-state index contributed by atoms with van der Waals surface area (Å²) in [7, 11) is 2.92. The Morgan fingerprint density at radius 3 is 2.17 bits per heavy atom. The van der Waals surface area contributed by atoms with Gasteiger partial charge in [-0.25, -0.2) is 4.79 Å². The van der Waals surface area contributed by atoms with Crippen LogP contribution in [0.2, 0.25) is 0 Å². The number of allylic oxidation sites excluding steroid dienone is 3. The average molecular weight is 631 g/mol. The van der Waals surface area contributed by atoms with Crippen molar-refractivity contribution in [2.24, 2.45) is 17.8 Å². The standard InChI is InChI=1S/C39H41F3O4/c1-44-34-13-9-27(10-14-34)25-46-36-20-26(11-15-35(36)38-22-28-17-29(23-38)19-30(18-28)24-38)5-3-6-31(12-16-37(43)45-2)32-7-4-8-33(21-32)39(40,41)42/h4,6-16,20-21,28-30H,3,5,17-19,22-25H2,1-2H3. The summed E-state index contributed by atoms with van der Waals surface area (Å²) in [6, 6.07) is 19.7. The van der Waals surface area contributed by atoms with Gasteiger partial charge in [-0.2, -0.15) is 13.2 Å². The number of ether oxygens (including phenoxy) is 3. The molecule has 4 aliphatic rings. The maximum Gasteiger partial charge on any atom is 0.416 e. The normalized spacial score (nSPS) is 23.9. The molecule has 7 rings (SSSR count). The minimum Gasteiger partial charge on any atom is -0.497 e. The zero-order valence-corrected chi connectivity index (χ0v) is 26.4. The van der Waals surface area contributed by atoms with Crippen molar-refractivity contribution in [2.75, 3.05) is 14.2 Å². The van der Waals surface area contributed by atoms with Crippen molar-refractivity contribution in [2.45, 2.75) is 69.6 Å². The van der Waals surface area contributed by atoms with Crippen molar-refractivity contribution in [3.05, 3.63) is 113 Å². The molecule has 4 nitrogen and oxygen atoms in total. The van der Waals surface area contributed by atoms with Crippen LogP contribution in [0.15, 0.2) is 85.0 Å². The molecule has 3 aromatic carbocycles. The molecule has 242 valence electrons. The van der Waals surface area contributed by atoms with Gasteiger partial charge < -0.3 is 14.2 Å². The molecule has 3 aromatic rings. The van der Waals surface area contributed by atoms with Gasteiger partial charge in [0.05, 0.1) is 19.8 Å². The molecule has 0 spiro atoms. The first-order valence-electron chi connectivity index (χ1n) is 16.2. The Morgan fingerprint density at radius 2 is 1.54 bits per heavy atom. The molecule has 0 aliphatic heterocycles. The van der Waals surface area contributed by atoms with Crippen LogP contribution >= 0.6 is 0 Å². The number of methoxy groups -OCH3 is 2. The van der Waals surface area contributed by atoms with Crippen LogP contribution < -0.4 is 9.47 Å². The number of carbonyl (C=O) groups is 1. The first-order valence-corrected chi connectivity index (χ1v) is 16.2. The topological polar surface area (TPSA) is 44.8 Å². The maximum atomic E-state index is 13.5. The fraction of sp³-hybridized carbons (Fsp3) is 0.410. The number of alkyl halides is 3. The lowest BCUT2D eigenvalue weighted by molar-refractivity contribution is -0.137. The monoisotopic (exact) mass is 630 g/mol. The van der Waals surface area contributed by atoms with Crippen molar-refractivity contribution in [1.82, 2.24) is 0 Å². The number of benzene rings is 3. The van der Waals surface area contributed by atoms with Gasteiger partial charge in [0.15, 0.2) is 0 Å². The summed E-state index contributed by atoms with van der Waals surface area (Å²) >= 11 is 0. The fourth-order valence-corrected chi connectivity index (χ4v) is 8.38. The molecule has 0 amide bonds. The van der Waals surface area contributed by atoms with Crippen molar-refractivity contribution >= 4 is 11.5 Å². The fourth-order valence-electron chi connectivity index (χ4n) is 8.38. The molecule has 46 heavy (non-hydrogen) atoms. The zero-order valence-electron chi connectivity index (χ0n) is 26.4. The van der Waals surface area contributed by atoms with E-state index in [0.29, 0.717) is 30.6 Å². The first-order chi connectivity index (χ1) is 22.1. The molecular weight excluding hydrogens is 589 g/mol. The third-order valence-electron chi connectivity index (χ3n) is 10.1. The van der Waals surface area contributed by atoms with Crippen LogP contribution in [0.25, 0.3) is 5.57 Å². The number of rotatable bonds is 11. The summed E-state index contributed by atoms with van der Waals surface area (Å²) in [4.78, 5) is 11.8. The Labute approximate surface area is 269 Å². The third-order valence-corrected chi connectivity index (χ3v) is 10.1. The smallest absolute Gasteiger partial charge is 0.416 e. The predicted molar refractivity (Wildman–Crippen MR) is 173 cm³/mol. The van der Waals surface area contributed by atoms with Gasteiger partial charge in [-0.15, -0.1) is 0 Å². The first kappa shape index (κ1) is 32.0. The molecule has 0 N–H and O–H groups in total. The summed E-state index contributed by atoms with van der Waals surface area (Å²) in [5, 5.41) is 0. The number of esters is 1. The molecule has 0 unspecified atom stereocenters. The lowest BCUT2D eigenvalue weighted by atomic mass is 9.48. The Balaban J connectivity index is 1.26. The lowest BCUT2D eigenvalue weighted by Crippen LogP contribution is -2.48. The van der Waals surface area contributed by atoms with E-state index in [1.165, 1.54) is 69.4 Å². The van der Waals surface area contributed by atoms with E-state index in [2.05, 4.69) is 18.2 Å². The highest BCUT2D eigenvalue weighted by atomic mass is 19.4. The van der Waals surface area contributed by atoms with Crippen LogP contribution in [-0.4, -0.2) is 20.2 Å². The van der Waals surface area contributed by atoms with E-state index in [1.807, 2.05) is 30.3 Å². The van der Waals surface area contributed by atoms with Crippen LogP contribution in [0.3, 0.4) is 0 Å². The molecule has 4 bridgehead atoms. The molecule has 0 radical (unpaired) electrons. The quantitative estimate of drug-likeness (QED) is 0.120. The van der Waals surface area contributed by atoms with Gasteiger partial charge in [-0.05, 0) is 133 Å². The van der Waals surface area contributed by atoms with Crippen LogP contribution in [0, 0.1) is 17.8 Å². The Bertz CT molecular complexity index is 1570. The highest BCUT2D eigenvalue weighted by molar-refractivity contribution is 5.87. The summed E-state index contributed by atoms with van der Waals surface area (Å²) < 4.78 is 57.0. The van der Waals surface area contributed by atoms with E-state index in [0.717, 1.165) is 52.5 Å². The van der Waals surface area contributed by atoms with Gasteiger partial charge in [-0.1, -0.05) is 42.5 Å². The molecule has 7 heteroatoms. The van der Waals surface area contributed by atoms with Crippen LogP contribution in [0.4, 0.5) is 13.2 Å². The zero-order chi connectivity index (χ0) is 32.3. The lowest BCUT2D eigenvalue weighted by Gasteiger charge is -2.57. The second-order valence-electron chi connectivity index (χ2n) is 13.3. The summed E-state index contributed by atoms with van der Waals surface area (Å²) in [6.45, 7) is 0.449. The SMILES string of the molecule is COC(=O)C=CC(=CCCc1ccc(C23CC4CC(CC(C4)C2)C3)c(OCc2ccc(OC)cc2)c1)c1cccc(C(F)(F)F)c1. The van der Waals surface area contributed by atoms with Gasteiger partial charge in [0.1, 0.15) is 18.1 Å². The Kier molecular flexibility index (Phi) is 9.30. The van der Waals surface area contributed by atoms with E-state index in [9.17, 15) is 18.0 Å². The maximum absolute atomic E-state index is 13.5. The summed E-state index contributed by atoms with van der Waals surface area (Å²) in [5.41, 5.74) is 3.82. The second kappa shape index (κ2) is 13.4. The van der Waals surface area contributed by atoms with Gasteiger partial charge in [0, 0.05) is 11.6 Å². The molecular formula is C39H41F3O4. The molecule has 0 aromatic heterocycles. The van der Waals surface area contributed by atoms with Crippen molar-refractivity contribution in [3.8, 4) is 11.5 Å². The molecule has 4 fully saturated rings. The molecule has 4 aliphatic carbocycles. The van der Waals surface area contributed by atoms with E-state index in [4.69, 9.17) is 14.2 Å². The second-order valence-corrected chi connectivity index (χ2v) is 13.3. The van der Waals surface area contributed by atoms with Crippen LogP contribution in [0.1, 0.15) is 72.8 Å². The van der Waals surface area contributed by atoms with Gasteiger partial charge in [0.2, 0.25) is 0 Å². The molecule has 0 atom stereocenters. The van der Waals surface area contributed by atoms with E-state index >= 15 is 0 Å². The number of aryl methyl sites for hydroxylation is 1.